The van der Waals surface area contributed by atoms with Crippen molar-refractivity contribution in [2.45, 2.75) is 38.1 Å². The number of halogens is 1. The lowest BCUT2D eigenvalue weighted by Gasteiger charge is -2.36. The van der Waals surface area contributed by atoms with Crippen LogP contribution in [0.25, 0.3) is 10.8 Å². The molecule has 3 heterocycles. The van der Waals surface area contributed by atoms with E-state index in [4.69, 9.17) is 5.26 Å². The smallest absolute Gasteiger partial charge is 0.249 e. The number of benzene rings is 4. The molecule has 0 aliphatic carbocycles. The average molecular weight is 590 g/mol. The molecule has 0 saturated carbocycles. The Morgan fingerprint density at radius 2 is 1.68 bits per heavy atom. The number of carbonyl (C=O) groups excluding carboxylic acids is 2. The van der Waals surface area contributed by atoms with Gasteiger partial charge in [0.1, 0.15) is 11.9 Å². The van der Waals surface area contributed by atoms with Crippen molar-refractivity contribution < 1.29 is 19.1 Å². The van der Waals surface area contributed by atoms with Gasteiger partial charge in [-0.3, -0.25) is 19.8 Å². The minimum Gasteiger partial charge on any atom is -0.369 e. The van der Waals surface area contributed by atoms with Gasteiger partial charge in [0.05, 0.1) is 17.3 Å². The number of piperidine rings is 1. The summed E-state index contributed by atoms with van der Waals surface area (Å²) in [6, 6.07) is 24.7. The van der Waals surface area contributed by atoms with Gasteiger partial charge < -0.3 is 14.9 Å². The molecule has 2 amide bonds. The number of amides is 2. The van der Waals surface area contributed by atoms with E-state index in [1.807, 2.05) is 29.2 Å². The average Bonchev–Trinajstić information content (AvgIpc) is 3.32. The number of carbonyl (C=O) groups is 2. The van der Waals surface area contributed by atoms with Gasteiger partial charge in [0, 0.05) is 55.8 Å². The molecule has 2 atom stereocenters. The second-order valence-corrected chi connectivity index (χ2v) is 11.8. The highest BCUT2D eigenvalue weighted by atomic mass is 19.1. The maximum Gasteiger partial charge on any atom is 0.249 e. The Morgan fingerprint density at radius 1 is 0.932 bits per heavy atom. The lowest BCUT2D eigenvalue weighted by molar-refractivity contribution is -0.134. The number of hydrogen-bond acceptors (Lipinski definition) is 7. The second-order valence-electron chi connectivity index (χ2n) is 11.8. The molecule has 4 aromatic rings. The predicted molar refractivity (Wildman–Crippen MR) is 165 cm³/mol. The van der Waals surface area contributed by atoms with Crippen LogP contribution in [0.2, 0.25) is 0 Å². The zero-order valence-electron chi connectivity index (χ0n) is 24.2. The summed E-state index contributed by atoms with van der Waals surface area (Å²) >= 11 is 0. The van der Waals surface area contributed by atoms with Crippen LogP contribution in [0.4, 0.5) is 15.8 Å². The monoisotopic (exact) mass is 589 g/mol. The fourth-order valence-electron chi connectivity index (χ4n) is 6.85. The van der Waals surface area contributed by atoms with Crippen LogP contribution in [-0.4, -0.2) is 54.0 Å². The van der Waals surface area contributed by atoms with Crippen LogP contribution < -0.4 is 15.1 Å². The van der Waals surface area contributed by atoms with E-state index >= 15 is 0 Å². The van der Waals surface area contributed by atoms with Crippen molar-refractivity contribution in [3.8, 4) is 6.07 Å². The lowest BCUT2D eigenvalue weighted by Crippen LogP contribution is -2.52. The summed E-state index contributed by atoms with van der Waals surface area (Å²) in [6.45, 7) is 3.91. The molecule has 2 fully saturated rings. The molecule has 0 spiro atoms. The molecule has 44 heavy (non-hydrogen) atoms. The van der Waals surface area contributed by atoms with Gasteiger partial charge >= 0.3 is 0 Å². The minimum atomic E-state index is -0.947. The third kappa shape index (κ3) is 5.06. The molecule has 2 N–H and O–H groups in total. The van der Waals surface area contributed by atoms with E-state index in [0.717, 1.165) is 66.7 Å². The molecule has 7 rings (SSSR count). The molecule has 222 valence electrons. The normalized spacial score (nSPS) is 20.2. The molecule has 3 aliphatic heterocycles. The highest BCUT2D eigenvalue weighted by Crippen LogP contribution is 2.46. The van der Waals surface area contributed by atoms with Crippen LogP contribution in [0.15, 0.2) is 72.8 Å². The van der Waals surface area contributed by atoms with Crippen molar-refractivity contribution >= 4 is 34.0 Å². The SMILES string of the molecule is N#Cc1ccc(N2CCN(Cc3ccc(Cc4ccc5c6c(cccc46)C(O)N5C4CCC(=O)NC4=O)cc3)CC2)c(F)c1. The van der Waals surface area contributed by atoms with E-state index in [2.05, 4.69) is 46.6 Å². The van der Waals surface area contributed by atoms with Crippen molar-refractivity contribution in [1.29, 1.82) is 5.26 Å². The van der Waals surface area contributed by atoms with Crippen molar-refractivity contribution in [3.05, 3.63) is 106 Å². The molecular weight excluding hydrogens is 557 g/mol. The van der Waals surface area contributed by atoms with Gasteiger partial charge in [0.2, 0.25) is 11.8 Å². The van der Waals surface area contributed by atoms with E-state index in [1.165, 1.54) is 17.2 Å². The van der Waals surface area contributed by atoms with Crippen molar-refractivity contribution in [2.24, 2.45) is 0 Å². The number of imide groups is 1. The summed E-state index contributed by atoms with van der Waals surface area (Å²) in [5, 5.41) is 24.7. The van der Waals surface area contributed by atoms with E-state index < -0.39 is 12.3 Å². The van der Waals surface area contributed by atoms with Gasteiger partial charge in [-0.15, -0.1) is 0 Å². The Labute approximate surface area is 254 Å². The number of rotatable bonds is 6. The van der Waals surface area contributed by atoms with Crippen LogP contribution >= 0.6 is 0 Å². The van der Waals surface area contributed by atoms with E-state index in [1.54, 1.807) is 17.0 Å². The summed E-state index contributed by atoms with van der Waals surface area (Å²) in [4.78, 5) is 30.5. The molecule has 0 radical (unpaired) electrons. The Hall–Kier alpha value is -4.78. The van der Waals surface area contributed by atoms with Crippen molar-refractivity contribution in [3.63, 3.8) is 0 Å². The molecule has 2 saturated heterocycles. The van der Waals surface area contributed by atoms with E-state index in [9.17, 15) is 19.1 Å². The molecule has 0 aromatic heterocycles. The third-order valence-corrected chi connectivity index (χ3v) is 9.12. The van der Waals surface area contributed by atoms with Crippen LogP contribution in [0.1, 0.15) is 46.9 Å². The fourth-order valence-corrected chi connectivity index (χ4v) is 6.85. The number of nitrogens with zero attached hydrogens (tertiary/aromatic N) is 4. The number of aliphatic hydroxyl groups is 1. The largest absolute Gasteiger partial charge is 0.369 e. The second kappa shape index (κ2) is 11.4. The number of aliphatic hydroxyl groups excluding tert-OH is 1. The minimum absolute atomic E-state index is 0.252. The summed E-state index contributed by atoms with van der Waals surface area (Å²) in [5.41, 5.74) is 6.01. The van der Waals surface area contributed by atoms with Gasteiger partial charge in [-0.1, -0.05) is 48.5 Å². The molecule has 2 unspecified atom stereocenters. The number of piperazine rings is 1. The van der Waals surface area contributed by atoms with Crippen molar-refractivity contribution in [2.75, 3.05) is 36.0 Å². The number of nitriles is 1. The summed E-state index contributed by atoms with van der Waals surface area (Å²) in [6.07, 6.45) is 0.403. The lowest BCUT2D eigenvalue weighted by atomic mass is 9.95. The Bertz CT molecular complexity index is 1810. The third-order valence-electron chi connectivity index (χ3n) is 9.12. The van der Waals surface area contributed by atoms with E-state index in [-0.39, 0.29) is 24.1 Å². The zero-order valence-corrected chi connectivity index (χ0v) is 24.2. The standard InChI is InChI=1S/C35H32FN5O3/c36-28-19-24(20-37)8-10-29(28)40-16-14-39(15-17-40)21-23-6-4-22(5-7-23)18-25-9-11-30-33-26(25)2-1-3-27(33)35(44)41(30)31-12-13-32(42)38-34(31)43/h1-11,19,31,35,44H,12-18,21H2,(H,38,42,43). The summed E-state index contributed by atoms with van der Waals surface area (Å²) < 4.78 is 14.5. The first-order valence-corrected chi connectivity index (χ1v) is 15.0. The molecule has 4 aromatic carbocycles. The molecule has 9 heteroatoms. The van der Waals surface area contributed by atoms with Crippen molar-refractivity contribution in [1.82, 2.24) is 10.2 Å². The molecule has 8 nitrogen and oxygen atoms in total. The first kappa shape index (κ1) is 28.0. The van der Waals surface area contributed by atoms with Crippen LogP contribution in [0, 0.1) is 17.1 Å². The predicted octanol–water partition coefficient (Wildman–Crippen LogP) is 4.38. The number of anilines is 2. The highest BCUT2D eigenvalue weighted by Gasteiger charge is 2.40. The first-order valence-electron chi connectivity index (χ1n) is 15.0. The fraction of sp³-hybridized carbons (Fsp3) is 0.286. The van der Waals surface area contributed by atoms with Gasteiger partial charge in [-0.2, -0.15) is 5.26 Å². The highest BCUT2D eigenvalue weighted by molar-refractivity contribution is 6.06. The quantitative estimate of drug-likeness (QED) is 0.322. The molecule has 0 bridgehead atoms. The van der Waals surface area contributed by atoms with E-state index in [0.29, 0.717) is 17.7 Å². The number of nitrogens with one attached hydrogen (secondary N) is 1. The maximum absolute atomic E-state index is 14.5. The Kier molecular flexibility index (Phi) is 7.24. The Morgan fingerprint density at radius 3 is 2.41 bits per heavy atom. The Balaban J connectivity index is 1.03. The summed E-state index contributed by atoms with van der Waals surface area (Å²) in [7, 11) is 0. The van der Waals surface area contributed by atoms with Crippen LogP contribution in [0.3, 0.4) is 0 Å². The zero-order chi connectivity index (χ0) is 30.4. The topological polar surface area (TPSA) is 99.9 Å². The van der Waals surface area contributed by atoms with Gasteiger partial charge in [0.25, 0.3) is 0 Å². The van der Waals surface area contributed by atoms with Gasteiger partial charge in [-0.05, 0) is 59.2 Å². The van der Waals surface area contributed by atoms with Gasteiger partial charge in [0.15, 0.2) is 6.23 Å². The number of hydrogen-bond donors (Lipinski definition) is 2. The molecular formula is C35H32FN5O3. The van der Waals surface area contributed by atoms with Crippen LogP contribution in [0.5, 0.6) is 0 Å². The molecule has 3 aliphatic rings. The summed E-state index contributed by atoms with van der Waals surface area (Å²) in [5.74, 6) is -0.994. The van der Waals surface area contributed by atoms with Crippen LogP contribution in [-0.2, 0) is 22.6 Å². The maximum atomic E-state index is 14.5. The first-order chi connectivity index (χ1) is 21.4. The van der Waals surface area contributed by atoms with Gasteiger partial charge in [-0.25, -0.2) is 4.39 Å².